The number of aliphatic imine (C=N–C) groups is 1. The Kier molecular flexibility index (Phi) is 6.04. The number of guanidine groups is 1. The number of hydrogen-bond acceptors (Lipinski definition) is 2. The Labute approximate surface area is 154 Å². The summed E-state index contributed by atoms with van der Waals surface area (Å²) in [5.41, 5.74) is 4.72. The summed E-state index contributed by atoms with van der Waals surface area (Å²) < 4.78 is 1.85. The molecule has 0 unspecified atom stereocenters. The molecule has 1 heterocycles. The van der Waals surface area contributed by atoms with Gasteiger partial charge >= 0.3 is 0 Å². The number of nitrogens with one attached hydrogen (secondary N) is 2. The van der Waals surface area contributed by atoms with E-state index >= 15 is 0 Å². The summed E-state index contributed by atoms with van der Waals surface area (Å²) >= 11 is 0. The number of benzene rings is 2. The molecule has 0 fully saturated rings. The van der Waals surface area contributed by atoms with Crippen molar-refractivity contribution in [3.05, 3.63) is 83.7 Å². The van der Waals surface area contributed by atoms with Gasteiger partial charge in [-0.15, -0.1) is 0 Å². The molecule has 2 N–H and O–H groups in total. The highest BCUT2D eigenvalue weighted by molar-refractivity contribution is 5.79. The van der Waals surface area contributed by atoms with Gasteiger partial charge in [-0.3, -0.25) is 0 Å². The highest BCUT2D eigenvalue weighted by Gasteiger charge is 2.00. The van der Waals surface area contributed by atoms with E-state index in [1.807, 2.05) is 16.9 Å². The molecule has 5 heteroatoms. The van der Waals surface area contributed by atoms with Gasteiger partial charge in [0.1, 0.15) is 0 Å². The van der Waals surface area contributed by atoms with E-state index in [1.165, 1.54) is 11.1 Å². The average Bonchev–Trinajstić information content (AvgIpc) is 3.20. The van der Waals surface area contributed by atoms with E-state index in [9.17, 15) is 0 Å². The number of nitrogens with zero attached hydrogens (tertiary/aromatic N) is 3. The molecule has 26 heavy (non-hydrogen) atoms. The normalized spacial score (nSPS) is 11.4. The largest absolute Gasteiger partial charge is 0.357 e. The van der Waals surface area contributed by atoms with Gasteiger partial charge in [-0.2, -0.15) is 5.10 Å². The zero-order chi connectivity index (χ0) is 18.2. The van der Waals surface area contributed by atoms with Crippen molar-refractivity contribution in [3.8, 4) is 5.69 Å². The van der Waals surface area contributed by atoms with Crippen LogP contribution in [0.3, 0.4) is 0 Å². The Morgan fingerprint density at radius 3 is 2.38 bits per heavy atom. The molecule has 0 saturated heterocycles. The zero-order valence-corrected chi connectivity index (χ0v) is 15.3. The minimum atomic E-state index is 0.628. The zero-order valence-electron chi connectivity index (χ0n) is 15.3. The number of aryl methyl sites for hydroxylation is 1. The lowest BCUT2D eigenvalue weighted by molar-refractivity contribution is 0.815. The van der Waals surface area contributed by atoms with E-state index in [0.29, 0.717) is 6.54 Å². The predicted molar refractivity (Wildman–Crippen MR) is 106 cm³/mol. The average molecular weight is 347 g/mol. The smallest absolute Gasteiger partial charge is 0.191 e. The summed E-state index contributed by atoms with van der Waals surface area (Å²) in [6.45, 7) is 6.38. The molecule has 0 amide bonds. The summed E-state index contributed by atoms with van der Waals surface area (Å²) in [5.74, 6) is 0.823. The number of hydrogen-bond donors (Lipinski definition) is 2. The third-order valence-electron chi connectivity index (χ3n) is 4.05. The van der Waals surface area contributed by atoms with E-state index in [1.54, 1.807) is 6.20 Å². The molecule has 0 atom stereocenters. The van der Waals surface area contributed by atoms with Crippen molar-refractivity contribution in [3.63, 3.8) is 0 Å². The predicted octanol–water partition coefficient (Wildman–Crippen LogP) is 3.44. The number of rotatable bonds is 6. The monoisotopic (exact) mass is 347 g/mol. The fourth-order valence-corrected chi connectivity index (χ4v) is 2.58. The first-order valence-corrected chi connectivity index (χ1v) is 8.91. The first-order valence-electron chi connectivity index (χ1n) is 8.91. The van der Waals surface area contributed by atoms with Crippen molar-refractivity contribution in [2.45, 2.75) is 26.9 Å². The molecule has 0 aliphatic carbocycles. The summed E-state index contributed by atoms with van der Waals surface area (Å²) in [6.07, 6.45) is 3.71. The highest BCUT2D eigenvalue weighted by Crippen LogP contribution is 2.09. The van der Waals surface area contributed by atoms with Crippen LogP contribution in [0, 0.1) is 6.92 Å². The molecule has 2 aromatic carbocycles. The van der Waals surface area contributed by atoms with Gasteiger partial charge in [-0.1, -0.05) is 42.0 Å². The maximum absolute atomic E-state index is 4.68. The minimum Gasteiger partial charge on any atom is -0.357 e. The first kappa shape index (κ1) is 17.7. The van der Waals surface area contributed by atoms with Gasteiger partial charge in [0.2, 0.25) is 0 Å². The van der Waals surface area contributed by atoms with Crippen LogP contribution in [0.1, 0.15) is 23.6 Å². The summed E-state index contributed by atoms with van der Waals surface area (Å²) in [7, 11) is 0. The fraction of sp³-hybridized carbons (Fsp3) is 0.238. The molecule has 0 aliphatic heterocycles. The third-order valence-corrected chi connectivity index (χ3v) is 4.05. The van der Waals surface area contributed by atoms with Crippen molar-refractivity contribution >= 4 is 5.96 Å². The second kappa shape index (κ2) is 8.85. The van der Waals surface area contributed by atoms with Gasteiger partial charge in [0.25, 0.3) is 0 Å². The van der Waals surface area contributed by atoms with Crippen LogP contribution in [-0.2, 0) is 13.1 Å². The van der Waals surface area contributed by atoms with Gasteiger partial charge in [-0.05, 0) is 43.2 Å². The lowest BCUT2D eigenvalue weighted by Gasteiger charge is -2.11. The van der Waals surface area contributed by atoms with Gasteiger partial charge < -0.3 is 10.6 Å². The van der Waals surface area contributed by atoms with E-state index in [0.717, 1.165) is 30.3 Å². The lowest BCUT2D eigenvalue weighted by atomic mass is 10.1. The van der Waals surface area contributed by atoms with E-state index < -0.39 is 0 Å². The first-order chi connectivity index (χ1) is 12.7. The standard InChI is InChI=1S/C21H25N5/c1-3-22-21(23-15-18-7-5-17(2)6-8-18)24-16-19-9-11-20(12-10-19)26-14-4-13-25-26/h4-14H,3,15-16H2,1-2H3,(H2,22,23,24). The van der Waals surface area contributed by atoms with Gasteiger partial charge in [0.05, 0.1) is 12.2 Å². The van der Waals surface area contributed by atoms with Crippen LogP contribution in [0.5, 0.6) is 0 Å². The van der Waals surface area contributed by atoms with Crippen LogP contribution in [0.2, 0.25) is 0 Å². The second-order valence-corrected chi connectivity index (χ2v) is 6.15. The molecule has 3 aromatic rings. The Morgan fingerprint density at radius 1 is 1.00 bits per heavy atom. The van der Waals surface area contributed by atoms with Crippen LogP contribution >= 0.6 is 0 Å². The molecule has 0 saturated carbocycles. The molecule has 3 rings (SSSR count). The van der Waals surface area contributed by atoms with Crippen LogP contribution in [-0.4, -0.2) is 22.3 Å². The lowest BCUT2D eigenvalue weighted by Crippen LogP contribution is -2.36. The van der Waals surface area contributed by atoms with Crippen molar-refractivity contribution in [2.24, 2.45) is 4.99 Å². The van der Waals surface area contributed by atoms with Crippen molar-refractivity contribution in [1.29, 1.82) is 0 Å². The molecule has 5 nitrogen and oxygen atoms in total. The molecule has 0 aliphatic rings. The highest BCUT2D eigenvalue weighted by atomic mass is 15.3. The second-order valence-electron chi connectivity index (χ2n) is 6.15. The van der Waals surface area contributed by atoms with Crippen molar-refractivity contribution in [2.75, 3.05) is 6.54 Å². The van der Waals surface area contributed by atoms with Gasteiger partial charge in [0.15, 0.2) is 5.96 Å². The molecule has 0 radical (unpaired) electrons. The Bertz CT molecular complexity index is 818. The Balaban J connectivity index is 1.60. The third kappa shape index (κ3) is 4.96. The molecule has 1 aromatic heterocycles. The SMILES string of the molecule is CCNC(=NCc1ccc(-n2cccn2)cc1)NCc1ccc(C)cc1. The van der Waals surface area contributed by atoms with E-state index in [2.05, 4.69) is 83.1 Å². The van der Waals surface area contributed by atoms with Crippen LogP contribution < -0.4 is 10.6 Å². The topological polar surface area (TPSA) is 54.2 Å². The summed E-state index contributed by atoms with van der Waals surface area (Å²) in [5, 5.41) is 10.9. The maximum atomic E-state index is 4.68. The summed E-state index contributed by atoms with van der Waals surface area (Å²) in [6, 6.07) is 18.7. The van der Waals surface area contributed by atoms with Crippen molar-refractivity contribution < 1.29 is 0 Å². The van der Waals surface area contributed by atoms with Gasteiger partial charge in [0, 0.05) is 25.5 Å². The molecule has 0 bridgehead atoms. The Morgan fingerprint density at radius 2 is 1.73 bits per heavy atom. The molecular weight excluding hydrogens is 322 g/mol. The van der Waals surface area contributed by atoms with E-state index in [4.69, 9.17) is 0 Å². The van der Waals surface area contributed by atoms with Crippen LogP contribution in [0.25, 0.3) is 5.69 Å². The fourth-order valence-electron chi connectivity index (χ4n) is 2.58. The molecule has 0 spiro atoms. The number of aromatic nitrogens is 2. The van der Waals surface area contributed by atoms with Crippen molar-refractivity contribution in [1.82, 2.24) is 20.4 Å². The molecule has 134 valence electrons. The minimum absolute atomic E-state index is 0.628. The molecular formula is C21H25N5. The van der Waals surface area contributed by atoms with Gasteiger partial charge in [-0.25, -0.2) is 9.67 Å². The summed E-state index contributed by atoms with van der Waals surface area (Å²) in [4.78, 5) is 4.68. The Hall–Kier alpha value is -3.08. The van der Waals surface area contributed by atoms with Crippen LogP contribution in [0.4, 0.5) is 0 Å². The quantitative estimate of drug-likeness (QED) is 0.530. The maximum Gasteiger partial charge on any atom is 0.191 e. The van der Waals surface area contributed by atoms with Crippen LogP contribution in [0.15, 0.2) is 72.0 Å². The van der Waals surface area contributed by atoms with E-state index in [-0.39, 0.29) is 0 Å².